The highest BCUT2D eigenvalue weighted by molar-refractivity contribution is 5.94. The normalized spacial score (nSPS) is 13.8. The minimum atomic E-state index is -1.30. The number of aromatic amines is 1. The molecule has 13 nitrogen and oxygen atoms in total. The highest BCUT2D eigenvalue weighted by atomic mass is 16.4. The van der Waals surface area contributed by atoms with Gasteiger partial charge in [0, 0.05) is 24.7 Å². The number of aliphatic carboxylic acids is 1. The summed E-state index contributed by atoms with van der Waals surface area (Å²) in [6.45, 7) is 1.42. The molecule has 0 aliphatic rings. The van der Waals surface area contributed by atoms with Crippen LogP contribution in [0.3, 0.4) is 0 Å². The van der Waals surface area contributed by atoms with Crippen LogP contribution in [0.4, 0.5) is 0 Å². The Kier molecular flexibility index (Phi) is 10.2. The van der Waals surface area contributed by atoms with E-state index in [0.717, 1.165) is 0 Å². The third-order valence-corrected chi connectivity index (χ3v) is 6.08. The molecule has 0 saturated carbocycles. The molecule has 3 rings (SSSR count). The van der Waals surface area contributed by atoms with E-state index in [-0.39, 0.29) is 30.8 Å². The molecule has 4 unspecified atom stereocenters. The average Bonchev–Trinajstić information content (AvgIpc) is 3.43. The largest absolute Gasteiger partial charge is 0.508 e. The number of imidazole rings is 1. The van der Waals surface area contributed by atoms with E-state index < -0.39 is 47.9 Å². The maximum Gasteiger partial charge on any atom is 0.326 e. The Morgan fingerprint density at radius 3 is 1.88 bits per heavy atom. The number of carbonyl (C=O) groups excluding carboxylic acids is 3. The van der Waals surface area contributed by atoms with Gasteiger partial charge in [0.05, 0.1) is 12.4 Å². The fourth-order valence-electron chi connectivity index (χ4n) is 3.83. The lowest BCUT2D eigenvalue weighted by atomic mass is 10.0. The number of aromatic nitrogens is 2. The number of nitrogens with two attached hydrogens (primary N) is 1. The summed E-state index contributed by atoms with van der Waals surface area (Å²) in [5.41, 5.74) is 7.78. The van der Waals surface area contributed by atoms with Crippen molar-refractivity contribution >= 4 is 23.7 Å². The van der Waals surface area contributed by atoms with Crippen LogP contribution in [-0.4, -0.2) is 73.1 Å². The zero-order valence-corrected chi connectivity index (χ0v) is 21.7. The Hall–Kier alpha value is -4.91. The minimum absolute atomic E-state index is 0.0132. The fraction of sp³-hybridized carbons (Fsp3) is 0.296. The molecule has 0 radical (unpaired) electrons. The molecule has 0 fully saturated rings. The summed E-state index contributed by atoms with van der Waals surface area (Å²) in [5, 5.41) is 36.1. The second kappa shape index (κ2) is 13.8. The van der Waals surface area contributed by atoms with E-state index in [1.165, 1.54) is 43.7 Å². The van der Waals surface area contributed by atoms with Crippen molar-refractivity contribution in [2.24, 2.45) is 5.73 Å². The number of nitrogens with zero attached hydrogens (tertiary/aromatic N) is 1. The number of carbonyl (C=O) groups is 4. The van der Waals surface area contributed by atoms with Crippen LogP contribution in [0.25, 0.3) is 0 Å². The monoisotopic (exact) mass is 552 g/mol. The van der Waals surface area contributed by atoms with Crippen LogP contribution in [0.2, 0.25) is 0 Å². The summed E-state index contributed by atoms with van der Waals surface area (Å²) in [5.74, 6) is -3.23. The molecule has 0 aliphatic carbocycles. The molecule has 2 aromatic carbocycles. The van der Waals surface area contributed by atoms with Crippen molar-refractivity contribution in [1.82, 2.24) is 25.9 Å². The molecule has 40 heavy (non-hydrogen) atoms. The molecule has 212 valence electrons. The maximum atomic E-state index is 13.2. The van der Waals surface area contributed by atoms with Crippen LogP contribution in [-0.2, 0) is 38.4 Å². The lowest BCUT2D eigenvalue weighted by molar-refractivity contribution is -0.142. The average molecular weight is 553 g/mol. The smallest absolute Gasteiger partial charge is 0.326 e. The van der Waals surface area contributed by atoms with Gasteiger partial charge in [-0.25, -0.2) is 9.78 Å². The summed E-state index contributed by atoms with van der Waals surface area (Å²) >= 11 is 0. The highest BCUT2D eigenvalue weighted by Gasteiger charge is 2.29. The van der Waals surface area contributed by atoms with E-state index >= 15 is 0 Å². The van der Waals surface area contributed by atoms with Gasteiger partial charge in [0.25, 0.3) is 0 Å². The summed E-state index contributed by atoms with van der Waals surface area (Å²) in [6, 6.07) is 7.60. The van der Waals surface area contributed by atoms with Crippen LogP contribution >= 0.6 is 0 Å². The van der Waals surface area contributed by atoms with Gasteiger partial charge in [0.2, 0.25) is 17.7 Å². The van der Waals surface area contributed by atoms with Crippen molar-refractivity contribution in [3.63, 3.8) is 0 Å². The number of H-pyrrole nitrogens is 1. The second-order valence-corrected chi connectivity index (χ2v) is 9.32. The molecule has 3 aromatic rings. The number of carboxylic acid groups (broad SMARTS) is 1. The van der Waals surface area contributed by atoms with E-state index in [1.807, 2.05) is 0 Å². The Bertz CT molecular complexity index is 1300. The topological polar surface area (TPSA) is 220 Å². The molecule has 0 saturated heterocycles. The van der Waals surface area contributed by atoms with Crippen LogP contribution in [0.5, 0.6) is 11.5 Å². The Morgan fingerprint density at radius 2 is 1.35 bits per heavy atom. The van der Waals surface area contributed by atoms with Gasteiger partial charge in [-0.15, -0.1) is 0 Å². The van der Waals surface area contributed by atoms with E-state index in [9.17, 15) is 34.5 Å². The number of carboxylic acids is 1. The number of rotatable bonds is 13. The minimum Gasteiger partial charge on any atom is -0.508 e. The number of amides is 3. The summed E-state index contributed by atoms with van der Waals surface area (Å²) in [6.07, 6.45) is 2.91. The molecule has 0 spiro atoms. The summed E-state index contributed by atoms with van der Waals surface area (Å²) < 4.78 is 0. The Balaban J connectivity index is 1.67. The second-order valence-electron chi connectivity index (χ2n) is 9.32. The van der Waals surface area contributed by atoms with Crippen molar-refractivity contribution in [3.05, 3.63) is 77.9 Å². The first-order valence-electron chi connectivity index (χ1n) is 12.4. The summed E-state index contributed by atoms with van der Waals surface area (Å²) in [7, 11) is 0. The molecule has 4 atom stereocenters. The van der Waals surface area contributed by atoms with Crippen LogP contribution in [0.1, 0.15) is 23.7 Å². The van der Waals surface area contributed by atoms with Crippen molar-refractivity contribution in [3.8, 4) is 11.5 Å². The van der Waals surface area contributed by atoms with Crippen LogP contribution in [0, 0.1) is 0 Å². The number of benzene rings is 2. The van der Waals surface area contributed by atoms with E-state index in [0.29, 0.717) is 16.8 Å². The number of phenolic OH excluding ortho intramolecular Hbond substituents is 2. The van der Waals surface area contributed by atoms with Gasteiger partial charge < -0.3 is 42.0 Å². The van der Waals surface area contributed by atoms with Gasteiger partial charge in [-0.3, -0.25) is 14.4 Å². The van der Waals surface area contributed by atoms with Gasteiger partial charge >= 0.3 is 5.97 Å². The number of phenols is 2. The Morgan fingerprint density at radius 1 is 0.800 bits per heavy atom. The third kappa shape index (κ3) is 8.84. The number of hydrogen-bond acceptors (Lipinski definition) is 8. The predicted octanol–water partition coefficient (Wildman–Crippen LogP) is -0.265. The zero-order valence-electron chi connectivity index (χ0n) is 21.7. The standard InChI is InChI=1S/C27H32N6O7/c1-15(31-25(37)21(28)10-16-2-6-19(34)7-3-16)24(36)32-22(11-17-4-8-20(35)9-5-17)26(38)33-23(27(39)40)12-18-13-29-14-30-18/h2-9,13-15,21-23,34-35H,10-12,28H2,1H3,(H,29,30)(H,31,37)(H,32,36)(H,33,38)(H,39,40). The molecule has 0 aliphatic heterocycles. The molecule has 1 aromatic heterocycles. The maximum absolute atomic E-state index is 13.2. The van der Waals surface area contributed by atoms with Gasteiger partial charge in [-0.05, 0) is 48.7 Å². The lowest BCUT2D eigenvalue weighted by Gasteiger charge is -2.24. The Labute approximate surface area is 229 Å². The van der Waals surface area contributed by atoms with E-state index in [4.69, 9.17) is 5.73 Å². The van der Waals surface area contributed by atoms with Gasteiger partial charge in [-0.1, -0.05) is 24.3 Å². The van der Waals surface area contributed by atoms with Crippen molar-refractivity contribution in [2.75, 3.05) is 0 Å². The predicted molar refractivity (Wildman–Crippen MR) is 143 cm³/mol. The SMILES string of the molecule is CC(NC(=O)C(N)Cc1ccc(O)cc1)C(=O)NC(Cc1ccc(O)cc1)C(=O)NC(Cc1cnc[nH]1)C(=O)O. The number of nitrogens with one attached hydrogen (secondary N) is 4. The molecule has 9 N–H and O–H groups in total. The molecular formula is C27H32N6O7. The summed E-state index contributed by atoms with van der Waals surface area (Å²) in [4.78, 5) is 57.2. The van der Waals surface area contributed by atoms with Crippen molar-refractivity contribution in [1.29, 1.82) is 0 Å². The molecule has 0 bridgehead atoms. The fourth-order valence-corrected chi connectivity index (χ4v) is 3.83. The van der Waals surface area contributed by atoms with Gasteiger partial charge in [0.1, 0.15) is 29.6 Å². The van der Waals surface area contributed by atoms with Gasteiger partial charge in [-0.2, -0.15) is 0 Å². The lowest BCUT2D eigenvalue weighted by Crippen LogP contribution is -2.57. The number of hydrogen-bond donors (Lipinski definition) is 8. The van der Waals surface area contributed by atoms with Crippen LogP contribution < -0.4 is 21.7 Å². The molecule has 13 heteroatoms. The van der Waals surface area contributed by atoms with Crippen LogP contribution in [0.15, 0.2) is 61.1 Å². The van der Waals surface area contributed by atoms with E-state index in [2.05, 4.69) is 25.9 Å². The van der Waals surface area contributed by atoms with Crippen molar-refractivity contribution in [2.45, 2.75) is 50.4 Å². The van der Waals surface area contributed by atoms with E-state index in [1.54, 1.807) is 24.3 Å². The van der Waals surface area contributed by atoms with Gasteiger partial charge in [0.15, 0.2) is 0 Å². The zero-order chi connectivity index (χ0) is 29.2. The third-order valence-electron chi connectivity index (χ3n) is 6.08. The first-order chi connectivity index (χ1) is 19.0. The highest BCUT2D eigenvalue weighted by Crippen LogP contribution is 2.13. The first-order valence-corrected chi connectivity index (χ1v) is 12.4. The molecular weight excluding hydrogens is 520 g/mol. The molecule has 1 heterocycles. The quantitative estimate of drug-likeness (QED) is 0.140. The first kappa shape index (κ1) is 29.6. The number of aromatic hydroxyl groups is 2. The molecule has 3 amide bonds. The van der Waals surface area contributed by atoms with Crippen molar-refractivity contribution < 1.29 is 34.5 Å².